The third-order valence-electron chi connectivity index (χ3n) is 5.57. The molecule has 1 saturated carbocycles. The van der Waals surface area contributed by atoms with E-state index in [-0.39, 0.29) is 18.7 Å². The summed E-state index contributed by atoms with van der Waals surface area (Å²) < 4.78 is 0. The number of hydrogen-bond donors (Lipinski definition) is 2. The quantitative estimate of drug-likeness (QED) is 0.822. The number of fused-ring (bicyclic) bond motifs is 1. The van der Waals surface area contributed by atoms with Gasteiger partial charge < -0.3 is 20.2 Å². The van der Waals surface area contributed by atoms with Gasteiger partial charge in [0.05, 0.1) is 12.2 Å². The molecule has 27 heavy (non-hydrogen) atoms. The highest BCUT2D eigenvalue weighted by Crippen LogP contribution is 2.41. The molecule has 0 aromatic heterocycles. The number of hydrogen-bond acceptors (Lipinski definition) is 4. The first-order valence-corrected chi connectivity index (χ1v) is 9.78. The molecule has 5 nitrogen and oxygen atoms in total. The van der Waals surface area contributed by atoms with Crippen molar-refractivity contribution in [3.05, 3.63) is 59.2 Å². The van der Waals surface area contributed by atoms with E-state index in [4.69, 9.17) is 0 Å². The molecule has 2 aliphatic rings. The summed E-state index contributed by atoms with van der Waals surface area (Å²) in [5, 5.41) is 12.9. The highest BCUT2D eigenvalue weighted by Gasteiger charge is 2.42. The van der Waals surface area contributed by atoms with Crippen molar-refractivity contribution in [3.8, 4) is 0 Å². The maximum Gasteiger partial charge on any atom is 0.258 e. The zero-order valence-corrected chi connectivity index (χ0v) is 16.0. The molecule has 142 valence electrons. The molecule has 2 aromatic rings. The number of anilines is 2. The third-order valence-corrected chi connectivity index (χ3v) is 5.57. The van der Waals surface area contributed by atoms with Crippen LogP contribution >= 0.6 is 0 Å². The number of para-hydroxylation sites is 1. The predicted molar refractivity (Wildman–Crippen MR) is 108 cm³/mol. The number of rotatable bonds is 6. The lowest BCUT2D eigenvalue weighted by Crippen LogP contribution is -2.44. The Hall–Kier alpha value is -2.53. The molecule has 4 rings (SSSR count). The van der Waals surface area contributed by atoms with Crippen LogP contribution in [0.25, 0.3) is 0 Å². The molecule has 1 aliphatic heterocycles. The minimum absolute atomic E-state index is 0.121. The van der Waals surface area contributed by atoms with Crippen molar-refractivity contribution in [2.24, 2.45) is 0 Å². The summed E-state index contributed by atoms with van der Waals surface area (Å²) in [6.07, 6.45) is 2.01. The average molecular weight is 365 g/mol. The number of likely N-dealkylation sites (N-methyl/N-ethyl adjacent to an activating group) is 1. The van der Waals surface area contributed by atoms with Gasteiger partial charge in [0.2, 0.25) is 0 Å². The van der Waals surface area contributed by atoms with Gasteiger partial charge in [-0.2, -0.15) is 0 Å². The minimum Gasteiger partial charge on any atom is -0.395 e. The average Bonchev–Trinajstić information content (AvgIpc) is 3.51. The van der Waals surface area contributed by atoms with Crippen LogP contribution in [0.15, 0.2) is 42.5 Å². The summed E-state index contributed by atoms with van der Waals surface area (Å²) in [7, 11) is 0. The number of benzene rings is 2. The summed E-state index contributed by atoms with van der Waals surface area (Å²) in [4.78, 5) is 17.3. The fourth-order valence-electron chi connectivity index (χ4n) is 3.98. The first-order valence-electron chi connectivity index (χ1n) is 9.78. The molecule has 2 aromatic carbocycles. The Morgan fingerprint density at radius 3 is 2.67 bits per heavy atom. The lowest BCUT2D eigenvalue weighted by atomic mass is 9.99. The largest absolute Gasteiger partial charge is 0.395 e. The smallest absolute Gasteiger partial charge is 0.258 e. The summed E-state index contributed by atoms with van der Waals surface area (Å²) in [5.41, 5.74) is 5.06. The van der Waals surface area contributed by atoms with E-state index in [1.165, 1.54) is 0 Å². The second-order valence-electron chi connectivity index (χ2n) is 7.38. The van der Waals surface area contributed by atoms with E-state index in [9.17, 15) is 9.90 Å². The van der Waals surface area contributed by atoms with E-state index in [0.717, 1.165) is 47.5 Å². The van der Waals surface area contributed by atoms with Gasteiger partial charge in [-0.15, -0.1) is 0 Å². The van der Waals surface area contributed by atoms with Crippen LogP contribution in [-0.4, -0.2) is 41.7 Å². The first kappa shape index (κ1) is 17.9. The topological polar surface area (TPSA) is 55.8 Å². The number of aryl methyl sites for hydroxylation is 1. The van der Waals surface area contributed by atoms with Gasteiger partial charge in [-0.25, -0.2) is 0 Å². The Bertz CT molecular complexity index is 847. The SMILES string of the molecule is CCN(CCO)c1ccc([C@H]2Nc3ccccc3C(=O)N2C2CC2)c(C)c1. The summed E-state index contributed by atoms with van der Waals surface area (Å²) in [6, 6.07) is 14.5. The molecule has 0 radical (unpaired) electrons. The van der Waals surface area contributed by atoms with E-state index in [1.807, 2.05) is 29.2 Å². The zero-order chi connectivity index (χ0) is 19.0. The Labute approximate surface area is 160 Å². The Kier molecular flexibility index (Phi) is 4.79. The minimum atomic E-state index is -0.137. The maximum absolute atomic E-state index is 13.1. The van der Waals surface area contributed by atoms with Gasteiger partial charge in [0.1, 0.15) is 6.17 Å². The number of nitrogens with zero attached hydrogens (tertiary/aromatic N) is 2. The summed E-state index contributed by atoms with van der Waals surface area (Å²) >= 11 is 0. The second kappa shape index (κ2) is 7.24. The molecule has 1 atom stereocenters. The van der Waals surface area contributed by atoms with Gasteiger partial charge in [-0.05, 0) is 62.1 Å². The number of aliphatic hydroxyl groups is 1. The number of aliphatic hydroxyl groups excluding tert-OH is 1. The Morgan fingerprint density at radius 2 is 2.00 bits per heavy atom. The highest BCUT2D eigenvalue weighted by molar-refractivity contribution is 6.02. The van der Waals surface area contributed by atoms with Crippen LogP contribution in [0.5, 0.6) is 0 Å². The first-order chi connectivity index (χ1) is 13.1. The molecular formula is C22H27N3O2. The second-order valence-corrected chi connectivity index (χ2v) is 7.38. The predicted octanol–water partition coefficient (Wildman–Crippen LogP) is 3.54. The van der Waals surface area contributed by atoms with Gasteiger partial charge in [0, 0.05) is 30.5 Å². The number of amides is 1. The van der Waals surface area contributed by atoms with Crippen LogP contribution in [0.4, 0.5) is 11.4 Å². The molecule has 0 spiro atoms. The van der Waals surface area contributed by atoms with E-state index in [0.29, 0.717) is 12.6 Å². The Morgan fingerprint density at radius 1 is 1.22 bits per heavy atom. The fourth-order valence-corrected chi connectivity index (χ4v) is 3.98. The van der Waals surface area contributed by atoms with Crippen LogP contribution in [0.2, 0.25) is 0 Å². The molecule has 2 N–H and O–H groups in total. The fraction of sp³-hybridized carbons (Fsp3) is 0.409. The van der Waals surface area contributed by atoms with Crippen molar-refractivity contribution in [2.75, 3.05) is 29.9 Å². The van der Waals surface area contributed by atoms with Crippen LogP contribution in [0, 0.1) is 6.92 Å². The molecule has 1 amide bonds. The summed E-state index contributed by atoms with van der Waals surface area (Å²) in [6.45, 7) is 5.80. The van der Waals surface area contributed by atoms with Gasteiger partial charge >= 0.3 is 0 Å². The third kappa shape index (κ3) is 3.28. The van der Waals surface area contributed by atoms with Crippen molar-refractivity contribution in [3.63, 3.8) is 0 Å². The highest BCUT2D eigenvalue weighted by atomic mass is 16.3. The van der Waals surface area contributed by atoms with Crippen molar-refractivity contribution in [1.82, 2.24) is 4.90 Å². The van der Waals surface area contributed by atoms with Gasteiger partial charge in [-0.1, -0.05) is 18.2 Å². The van der Waals surface area contributed by atoms with Crippen molar-refractivity contribution in [1.29, 1.82) is 0 Å². The van der Waals surface area contributed by atoms with Crippen LogP contribution in [0.3, 0.4) is 0 Å². The molecule has 0 saturated heterocycles. The molecule has 0 bridgehead atoms. The maximum atomic E-state index is 13.1. The standard InChI is InChI=1S/C22H27N3O2/c1-3-24(12-13-26)17-10-11-18(15(2)14-17)21-23-20-7-5-4-6-19(20)22(27)25(21)16-8-9-16/h4-7,10-11,14,16,21,23,26H,3,8-9,12-13H2,1-2H3/t21-/m0/s1. The molecular weight excluding hydrogens is 338 g/mol. The van der Waals surface area contributed by atoms with E-state index >= 15 is 0 Å². The summed E-state index contributed by atoms with van der Waals surface area (Å²) in [5.74, 6) is 0.121. The van der Waals surface area contributed by atoms with E-state index in [2.05, 4.69) is 42.3 Å². The van der Waals surface area contributed by atoms with Crippen molar-refractivity contribution < 1.29 is 9.90 Å². The lowest BCUT2D eigenvalue weighted by molar-refractivity contribution is 0.0666. The van der Waals surface area contributed by atoms with E-state index < -0.39 is 0 Å². The molecule has 1 aliphatic carbocycles. The monoisotopic (exact) mass is 365 g/mol. The van der Waals surface area contributed by atoms with Crippen LogP contribution < -0.4 is 10.2 Å². The van der Waals surface area contributed by atoms with Crippen LogP contribution in [0.1, 0.15) is 47.4 Å². The lowest BCUT2D eigenvalue weighted by Gasteiger charge is -2.39. The Balaban J connectivity index is 1.70. The zero-order valence-electron chi connectivity index (χ0n) is 16.0. The van der Waals surface area contributed by atoms with Gasteiger partial charge in [0.25, 0.3) is 5.91 Å². The van der Waals surface area contributed by atoms with Crippen LogP contribution in [-0.2, 0) is 0 Å². The van der Waals surface area contributed by atoms with Gasteiger partial charge in [0.15, 0.2) is 0 Å². The van der Waals surface area contributed by atoms with Crippen molar-refractivity contribution >= 4 is 17.3 Å². The van der Waals surface area contributed by atoms with E-state index in [1.54, 1.807) is 0 Å². The number of carbonyl (C=O) groups excluding carboxylic acids is 1. The molecule has 0 unspecified atom stereocenters. The number of nitrogens with one attached hydrogen (secondary N) is 1. The van der Waals surface area contributed by atoms with Crippen molar-refractivity contribution in [2.45, 2.75) is 38.9 Å². The number of carbonyl (C=O) groups is 1. The molecule has 5 heteroatoms. The normalized spacial score (nSPS) is 18.9. The van der Waals surface area contributed by atoms with Gasteiger partial charge in [-0.3, -0.25) is 4.79 Å². The molecule has 1 fully saturated rings. The molecule has 1 heterocycles.